The second kappa shape index (κ2) is 5.24. The van der Waals surface area contributed by atoms with Gasteiger partial charge in [0.05, 0.1) is 11.1 Å². The third kappa shape index (κ3) is 2.33. The predicted octanol–water partition coefficient (Wildman–Crippen LogP) is 4.19. The van der Waals surface area contributed by atoms with Gasteiger partial charge in [0, 0.05) is 26.6 Å². The van der Waals surface area contributed by atoms with Crippen LogP contribution in [0.25, 0.3) is 10.9 Å². The molecule has 124 valence electrons. The molecule has 0 aliphatic carbocycles. The molecule has 0 spiro atoms. The minimum absolute atomic E-state index is 0.0129. The minimum atomic E-state index is -2.43. The molecule has 2 bridgehead atoms. The van der Waals surface area contributed by atoms with Gasteiger partial charge < -0.3 is 10.7 Å². The summed E-state index contributed by atoms with van der Waals surface area (Å²) < 4.78 is 21.5. The third-order valence-corrected chi connectivity index (χ3v) is 8.65. The number of carbonyl (C=O) groups excluding carboxylic acids is 1. The van der Waals surface area contributed by atoms with Gasteiger partial charge in [-0.25, -0.2) is 0 Å². The minimum Gasteiger partial charge on any atom is -0.366 e. The van der Waals surface area contributed by atoms with E-state index in [9.17, 15) is 13.9 Å². The molecule has 1 aromatic carbocycles. The summed E-state index contributed by atoms with van der Waals surface area (Å²) in [5.41, 5.74) is 7.87. The number of H-pyrrole nitrogens is 1. The van der Waals surface area contributed by atoms with Crippen LogP contribution in [-0.4, -0.2) is 30.5 Å². The predicted molar refractivity (Wildman–Crippen MR) is 96.2 cm³/mol. The number of halogens is 1. The van der Waals surface area contributed by atoms with Crippen molar-refractivity contribution in [1.82, 2.24) is 4.98 Å². The molecule has 2 aromatic rings. The fourth-order valence-corrected chi connectivity index (χ4v) is 7.24. The average molecular weight is 399 g/mol. The Kier molecular flexibility index (Phi) is 3.53. The smallest absolute Gasteiger partial charge is 0.250 e. The molecular weight excluding hydrogens is 380 g/mol. The van der Waals surface area contributed by atoms with Crippen molar-refractivity contribution in [2.75, 3.05) is 0 Å². The number of carbonyl (C=O) groups is 1. The summed E-state index contributed by atoms with van der Waals surface area (Å²) in [6.45, 7) is 0. The highest BCUT2D eigenvalue weighted by molar-refractivity contribution is 9.10. The lowest BCUT2D eigenvalue weighted by Crippen LogP contribution is -2.28. The average Bonchev–Trinajstić information content (AvgIpc) is 2.90. The van der Waals surface area contributed by atoms with Crippen molar-refractivity contribution in [1.29, 1.82) is 0 Å². The molecule has 23 heavy (non-hydrogen) atoms. The molecular formula is C16H19BrN2O3S. The Morgan fingerprint density at radius 2 is 1.91 bits per heavy atom. The van der Waals surface area contributed by atoms with Gasteiger partial charge >= 0.3 is 0 Å². The number of nitrogens with two attached hydrogens (primary N) is 1. The van der Waals surface area contributed by atoms with E-state index in [1.807, 2.05) is 12.3 Å². The highest BCUT2D eigenvalue weighted by Gasteiger charge is 2.47. The summed E-state index contributed by atoms with van der Waals surface area (Å²) in [4.78, 5) is 14.9. The van der Waals surface area contributed by atoms with Gasteiger partial charge in [-0.2, -0.15) is 10.6 Å². The van der Waals surface area contributed by atoms with Crippen LogP contribution in [-0.2, 0) is 0 Å². The maximum Gasteiger partial charge on any atom is 0.250 e. The van der Waals surface area contributed by atoms with Gasteiger partial charge in [-0.1, -0.05) is 15.9 Å². The van der Waals surface area contributed by atoms with Crippen LogP contribution >= 0.6 is 26.5 Å². The van der Waals surface area contributed by atoms with E-state index in [-0.39, 0.29) is 16.4 Å². The Morgan fingerprint density at radius 3 is 2.52 bits per heavy atom. The van der Waals surface area contributed by atoms with Gasteiger partial charge in [-0.3, -0.25) is 13.9 Å². The molecule has 5 nitrogen and oxygen atoms in total. The van der Waals surface area contributed by atoms with Gasteiger partial charge in [0.2, 0.25) is 0 Å². The molecule has 5 N–H and O–H groups in total. The highest BCUT2D eigenvalue weighted by Crippen LogP contribution is 2.66. The molecule has 2 aliphatic heterocycles. The largest absolute Gasteiger partial charge is 0.366 e. The van der Waals surface area contributed by atoms with Gasteiger partial charge in [-0.05, 0) is 49.3 Å². The first kappa shape index (κ1) is 15.5. The first-order chi connectivity index (χ1) is 10.9. The van der Waals surface area contributed by atoms with E-state index in [0.717, 1.165) is 46.6 Å². The van der Waals surface area contributed by atoms with Crippen LogP contribution in [0.1, 0.15) is 47.5 Å². The van der Waals surface area contributed by atoms with E-state index in [0.29, 0.717) is 5.56 Å². The van der Waals surface area contributed by atoms with Crippen molar-refractivity contribution in [2.24, 2.45) is 5.73 Å². The Balaban J connectivity index is 1.78. The number of aromatic amines is 1. The van der Waals surface area contributed by atoms with Crippen LogP contribution in [0.4, 0.5) is 0 Å². The second-order valence-corrected chi connectivity index (χ2v) is 10.1. The number of fused-ring (bicyclic) bond motifs is 3. The van der Waals surface area contributed by atoms with E-state index in [2.05, 4.69) is 20.9 Å². The van der Waals surface area contributed by atoms with Crippen LogP contribution in [0.5, 0.6) is 0 Å². The highest BCUT2D eigenvalue weighted by atomic mass is 79.9. The number of primary amides is 1. The number of aromatic nitrogens is 1. The summed E-state index contributed by atoms with van der Waals surface area (Å²) in [6.07, 6.45) is 5.35. The van der Waals surface area contributed by atoms with Crippen LogP contribution in [0, 0.1) is 0 Å². The van der Waals surface area contributed by atoms with Crippen LogP contribution in [0.15, 0.2) is 22.8 Å². The van der Waals surface area contributed by atoms with Gasteiger partial charge in [0.25, 0.3) is 5.91 Å². The zero-order valence-electron chi connectivity index (χ0n) is 12.5. The topological polar surface area (TPSA) is 99.3 Å². The molecule has 4 rings (SSSR count). The Hall–Kier alpha value is -1.02. The van der Waals surface area contributed by atoms with Gasteiger partial charge in [-0.15, -0.1) is 0 Å². The standard InChI is InChI=1S/C16H19BrN2O3S/c17-9-5-12-14(7-19-15(12)13(6-9)16(18)20)8-3-10-1-2-11(4-8)23(10,21)22/h5-8,10-11,19,21-22H,1-4H2,(H2,18,20)/t8-,10+,11-. The maximum absolute atomic E-state index is 11.7. The van der Waals surface area contributed by atoms with Crippen molar-refractivity contribution >= 4 is 43.3 Å². The van der Waals surface area contributed by atoms with E-state index in [1.165, 1.54) is 0 Å². The summed E-state index contributed by atoms with van der Waals surface area (Å²) in [7, 11) is -2.43. The van der Waals surface area contributed by atoms with Crippen molar-refractivity contribution in [3.8, 4) is 0 Å². The zero-order valence-corrected chi connectivity index (χ0v) is 14.9. The number of amides is 1. The molecule has 7 heteroatoms. The number of rotatable bonds is 2. The van der Waals surface area contributed by atoms with E-state index in [4.69, 9.17) is 5.73 Å². The van der Waals surface area contributed by atoms with Crippen LogP contribution in [0.2, 0.25) is 0 Å². The van der Waals surface area contributed by atoms with E-state index < -0.39 is 16.5 Å². The second-order valence-electron chi connectivity index (χ2n) is 6.61. The monoisotopic (exact) mass is 398 g/mol. The van der Waals surface area contributed by atoms with Crippen molar-refractivity contribution in [2.45, 2.75) is 42.1 Å². The Labute approximate surface area is 144 Å². The number of nitrogens with one attached hydrogen (secondary N) is 1. The fraction of sp³-hybridized carbons (Fsp3) is 0.438. The SMILES string of the molecule is NC(=O)c1cc(Br)cc2c([C@H]3C[C@H]4CC[C@@H](C3)S4(O)O)c[nH]c12. The molecule has 2 saturated heterocycles. The first-order valence-electron chi connectivity index (χ1n) is 7.74. The molecule has 3 heterocycles. The number of hydrogen-bond acceptors (Lipinski definition) is 3. The Bertz CT molecular complexity index is 788. The Morgan fingerprint density at radius 1 is 1.26 bits per heavy atom. The lowest BCUT2D eigenvalue weighted by molar-refractivity contribution is 0.100. The zero-order chi connectivity index (χ0) is 16.4. The van der Waals surface area contributed by atoms with Crippen molar-refractivity contribution < 1.29 is 13.9 Å². The van der Waals surface area contributed by atoms with E-state index in [1.54, 1.807) is 6.07 Å². The molecule has 2 fully saturated rings. The van der Waals surface area contributed by atoms with E-state index >= 15 is 0 Å². The molecule has 0 unspecified atom stereocenters. The molecule has 1 aromatic heterocycles. The number of benzene rings is 1. The van der Waals surface area contributed by atoms with Crippen molar-refractivity contribution in [3.05, 3.63) is 33.9 Å². The summed E-state index contributed by atoms with van der Waals surface area (Å²) in [6, 6.07) is 3.73. The van der Waals surface area contributed by atoms with Gasteiger partial charge in [0.15, 0.2) is 0 Å². The van der Waals surface area contributed by atoms with Crippen LogP contribution < -0.4 is 5.73 Å². The van der Waals surface area contributed by atoms with Crippen molar-refractivity contribution in [3.63, 3.8) is 0 Å². The molecule has 0 radical (unpaired) electrons. The lowest BCUT2D eigenvalue weighted by atomic mass is 9.90. The number of hydrogen-bond donors (Lipinski definition) is 4. The maximum atomic E-state index is 11.7. The van der Waals surface area contributed by atoms with Crippen LogP contribution in [0.3, 0.4) is 0 Å². The molecule has 1 amide bonds. The molecule has 0 saturated carbocycles. The molecule has 3 atom stereocenters. The fourth-order valence-electron chi connectivity index (χ4n) is 4.24. The molecule has 2 aliphatic rings. The van der Waals surface area contributed by atoms with Gasteiger partial charge in [0.1, 0.15) is 0 Å². The lowest BCUT2D eigenvalue weighted by Gasteiger charge is -2.46. The third-order valence-electron chi connectivity index (χ3n) is 5.38. The summed E-state index contributed by atoms with van der Waals surface area (Å²) in [5, 5.41) is 1.02. The normalized spacial score (nSPS) is 30.5. The summed E-state index contributed by atoms with van der Waals surface area (Å²) >= 11 is 3.45. The quantitative estimate of drug-likeness (QED) is 0.609. The summed E-state index contributed by atoms with van der Waals surface area (Å²) in [5.74, 6) is -0.168. The first-order valence-corrected chi connectivity index (χ1v) is 10.2.